The van der Waals surface area contributed by atoms with E-state index in [1.807, 2.05) is 12.1 Å². The lowest BCUT2D eigenvalue weighted by molar-refractivity contribution is -0.112. The molecule has 0 atom stereocenters. The van der Waals surface area contributed by atoms with Crippen LogP contribution < -0.4 is 0 Å². The number of alkyl halides is 1. The summed E-state index contributed by atoms with van der Waals surface area (Å²) in [5.41, 5.74) is 1.59. The zero-order valence-corrected chi connectivity index (χ0v) is 9.38. The number of hydrogen-bond donors (Lipinski definition) is 0. The van der Waals surface area contributed by atoms with Crippen molar-refractivity contribution in [3.8, 4) is 0 Å². The average Bonchev–Trinajstić information content (AvgIpc) is 2.28. The Morgan fingerprint density at radius 2 is 1.80 bits per heavy atom. The molecule has 0 saturated carbocycles. The number of benzene rings is 1. The molecular formula is C12H13ClO2. The first-order valence-corrected chi connectivity index (χ1v) is 5.45. The second kappa shape index (κ2) is 5.66. The molecule has 80 valence electrons. The highest BCUT2D eigenvalue weighted by molar-refractivity contribution is 6.51. The molecule has 0 aliphatic carbocycles. The fourth-order valence-electron chi connectivity index (χ4n) is 1.33. The van der Waals surface area contributed by atoms with Crippen LogP contribution in [0, 0.1) is 0 Å². The molecular weight excluding hydrogens is 212 g/mol. The van der Waals surface area contributed by atoms with Crippen molar-refractivity contribution in [2.24, 2.45) is 0 Å². The molecule has 3 heteroatoms. The van der Waals surface area contributed by atoms with E-state index in [2.05, 4.69) is 6.92 Å². The van der Waals surface area contributed by atoms with Gasteiger partial charge < -0.3 is 0 Å². The topological polar surface area (TPSA) is 34.1 Å². The minimum absolute atomic E-state index is 0.254. The molecule has 0 N–H and O–H groups in total. The first-order chi connectivity index (χ1) is 7.19. The molecule has 1 aromatic carbocycles. The van der Waals surface area contributed by atoms with E-state index in [0.29, 0.717) is 5.56 Å². The fourth-order valence-corrected chi connectivity index (χ4v) is 1.45. The third-order valence-corrected chi connectivity index (χ3v) is 2.37. The second-order valence-corrected chi connectivity index (χ2v) is 3.60. The Morgan fingerprint density at radius 1 is 1.20 bits per heavy atom. The normalized spacial score (nSPS) is 10.0. The Balaban J connectivity index is 2.80. The maximum Gasteiger partial charge on any atom is 0.229 e. The van der Waals surface area contributed by atoms with Gasteiger partial charge in [0.15, 0.2) is 0 Å². The molecule has 0 spiro atoms. The van der Waals surface area contributed by atoms with Crippen molar-refractivity contribution >= 4 is 23.2 Å². The van der Waals surface area contributed by atoms with E-state index in [1.165, 1.54) is 5.56 Å². The maximum atomic E-state index is 11.4. The zero-order chi connectivity index (χ0) is 11.3. The van der Waals surface area contributed by atoms with E-state index in [9.17, 15) is 9.59 Å². The van der Waals surface area contributed by atoms with Crippen LogP contribution in [0.15, 0.2) is 24.3 Å². The highest BCUT2D eigenvalue weighted by atomic mass is 35.5. The van der Waals surface area contributed by atoms with Crippen LogP contribution >= 0.6 is 11.6 Å². The summed E-state index contributed by atoms with van der Waals surface area (Å²) in [5.74, 6) is -1.32. The molecule has 1 aromatic rings. The van der Waals surface area contributed by atoms with Crippen LogP contribution in [0.25, 0.3) is 0 Å². The molecule has 2 nitrogen and oxygen atoms in total. The Hall–Kier alpha value is -1.15. The van der Waals surface area contributed by atoms with Gasteiger partial charge in [-0.2, -0.15) is 0 Å². The first kappa shape index (κ1) is 11.9. The van der Waals surface area contributed by atoms with Gasteiger partial charge in [0.25, 0.3) is 0 Å². The van der Waals surface area contributed by atoms with Crippen molar-refractivity contribution < 1.29 is 9.59 Å². The predicted molar refractivity (Wildman–Crippen MR) is 60.5 cm³/mol. The van der Waals surface area contributed by atoms with E-state index >= 15 is 0 Å². The highest BCUT2D eigenvalue weighted by Crippen LogP contribution is 2.08. The smallest absolute Gasteiger partial charge is 0.229 e. The lowest BCUT2D eigenvalue weighted by Gasteiger charge is -2.00. The molecule has 0 saturated heterocycles. The fraction of sp³-hybridized carbons (Fsp3) is 0.333. The molecule has 0 radical (unpaired) electrons. The van der Waals surface area contributed by atoms with Crippen LogP contribution in [0.3, 0.4) is 0 Å². The van der Waals surface area contributed by atoms with Gasteiger partial charge >= 0.3 is 0 Å². The van der Waals surface area contributed by atoms with Gasteiger partial charge in [0.1, 0.15) is 0 Å². The standard InChI is InChI=1S/C12H13ClO2/c1-2-3-9-4-6-10(7-5-9)12(15)11(14)8-13/h4-7H,2-3,8H2,1H3. The summed E-state index contributed by atoms with van der Waals surface area (Å²) in [6.45, 7) is 2.09. The number of Topliss-reactive ketones (excluding diaryl/α,β-unsaturated/α-hetero) is 2. The minimum Gasteiger partial charge on any atom is -0.289 e. The largest absolute Gasteiger partial charge is 0.289 e. The maximum absolute atomic E-state index is 11.4. The molecule has 0 amide bonds. The van der Waals surface area contributed by atoms with Crippen LogP contribution in [-0.2, 0) is 11.2 Å². The zero-order valence-electron chi connectivity index (χ0n) is 8.63. The summed E-state index contributed by atoms with van der Waals surface area (Å²) in [6, 6.07) is 7.10. The third kappa shape index (κ3) is 3.17. The highest BCUT2D eigenvalue weighted by Gasteiger charge is 2.14. The minimum atomic E-state index is -0.556. The Bertz CT molecular complexity index is 354. The number of rotatable bonds is 5. The quantitative estimate of drug-likeness (QED) is 0.438. The molecule has 15 heavy (non-hydrogen) atoms. The number of hydrogen-bond acceptors (Lipinski definition) is 2. The first-order valence-electron chi connectivity index (χ1n) is 4.91. The third-order valence-electron chi connectivity index (χ3n) is 2.13. The van der Waals surface area contributed by atoms with Crippen LogP contribution in [-0.4, -0.2) is 17.4 Å². The Kier molecular flexibility index (Phi) is 4.50. The summed E-state index contributed by atoms with van der Waals surface area (Å²) < 4.78 is 0. The Labute approximate surface area is 94.2 Å². The van der Waals surface area contributed by atoms with Crippen molar-refractivity contribution in [2.45, 2.75) is 19.8 Å². The SMILES string of the molecule is CCCc1ccc(C(=O)C(=O)CCl)cc1. The van der Waals surface area contributed by atoms with Gasteiger partial charge in [-0.05, 0) is 12.0 Å². The van der Waals surface area contributed by atoms with Gasteiger partial charge in [0, 0.05) is 5.56 Å². The summed E-state index contributed by atoms with van der Waals surface area (Å²) >= 11 is 5.31. The van der Waals surface area contributed by atoms with E-state index in [4.69, 9.17) is 11.6 Å². The Morgan fingerprint density at radius 3 is 2.27 bits per heavy atom. The molecule has 0 heterocycles. The lowest BCUT2D eigenvalue weighted by atomic mass is 10.0. The van der Waals surface area contributed by atoms with Crippen molar-refractivity contribution in [3.63, 3.8) is 0 Å². The van der Waals surface area contributed by atoms with Crippen molar-refractivity contribution in [1.82, 2.24) is 0 Å². The van der Waals surface area contributed by atoms with Crippen molar-refractivity contribution in [2.75, 3.05) is 5.88 Å². The molecule has 0 aliphatic rings. The molecule has 1 rings (SSSR count). The molecule has 0 fully saturated rings. The van der Waals surface area contributed by atoms with E-state index in [0.717, 1.165) is 12.8 Å². The van der Waals surface area contributed by atoms with Gasteiger partial charge in [-0.15, -0.1) is 11.6 Å². The predicted octanol–water partition coefficient (Wildman–Crippen LogP) is 2.63. The number of carbonyl (C=O) groups excluding carboxylic acids is 2. The van der Waals surface area contributed by atoms with Gasteiger partial charge in [-0.25, -0.2) is 0 Å². The monoisotopic (exact) mass is 224 g/mol. The molecule has 0 aliphatic heterocycles. The van der Waals surface area contributed by atoms with Gasteiger partial charge in [0.2, 0.25) is 11.6 Å². The summed E-state index contributed by atoms with van der Waals surface area (Å²) in [5, 5.41) is 0. The summed E-state index contributed by atoms with van der Waals surface area (Å²) in [4.78, 5) is 22.5. The molecule has 0 bridgehead atoms. The number of ketones is 2. The van der Waals surface area contributed by atoms with E-state index < -0.39 is 11.6 Å². The summed E-state index contributed by atoms with van der Waals surface area (Å²) in [7, 11) is 0. The second-order valence-electron chi connectivity index (χ2n) is 3.33. The van der Waals surface area contributed by atoms with E-state index in [1.54, 1.807) is 12.1 Å². The van der Waals surface area contributed by atoms with Crippen LogP contribution in [0.5, 0.6) is 0 Å². The van der Waals surface area contributed by atoms with Gasteiger partial charge in [0.05, 0.1) is 5.88 Å². The number of carbonyl (C=O) groups is 2. The van der Waals surface area contributed by atoms with E-state index in [-0.39, 0.29) is 5.88 Å². The number of halogens is 1. The van der Waals surface area contributed by atoms with Crippen molar-refractivity contribution in [3.05, 3.63) is 35.4 Å². The molecule has 0 unspecified atom stereocenters. The van der Waals surface area contributed by atoms with Crippen LogP contribution in [0.4, 0.5) is 0 Å². The van der Waals surface area contributed by atoms with Crippen LogP contribution in [0.1, 0.15) is 29.3 Å². The van der Waals surface area contributed by atoms with Gasteiger partial charge in [-0.1, -0.05) is 37.6 Å². The lowest BCUT2D eigenvalue weighted by Crippen LogP contribution is -2.15. The van der Waals surface area contributed by atoms with Crippen LogP contribution in [0.2, 0.25) is 0 Å². The summed E-state index contributed by atoms with van der Waals surface area (Å²) in [6.07, 6.45) is 2.05. The van der Waals surface area contributed by atoms with Crippen molar-refractivity contribution in [1.29, 1.82) is 0 Å². The average molecular weight is 225 g/mol. The number of aryl methyl sites for hydroxylation is 1. The molecule has 0 aromatic heterocycles. The van der Waals surface area contributed by atoms with Gasteiger partial charge in [-0.3, -0.25) is 9.59 Å².